The summed E-state index contributed by atoms with van der Waals surface area (Å²) < 4.78 is 12.8. The number of ether oxygens (including phenoxy) is 2. The van der Waals surface area contributed by atoms with Crippen molar-refractivity contribution >= 4 is 47.8 Å². The molecule has 1 unspecified atom stereocenters. The van der Waals surface area contributed by atoms with E-state index in [9.17, 15) is 0 Å². The third kappa shape index (κ3) is 3.21. The van der Waals surface area contributed by atoms with Gasteiger partial charge in [0.05, 0.1) is 23.5 Å². The van der Waals surface area contributed by atoms with Crippen molar-refractivity contribution < 1.29 is 9.47 Å². The van der Waals surface area contributed by atoms with Gasteiger partial charge in [-0.15, -0.1) is 0 Å². The maximum atomic E-state index is 5.48. The fourth-order valence-corrected chi connectivity index (χ4v) is 3.99. The summed E-state index contributed by atoms with van der Waals surface area (Å²) in [5.41, 5.74) is 2.15. The zero-order valence-corrected chi connectivity index (χ0v) is 15.7. The Morgan fingerprint density at radius 1 is 0.850 bits per heavy atom. The fraction of sp³-hybridized carbons (Fsp3) is 0.200. The summed E-state index contributed by atoms with van der Waals surface area (Å²) in [5.74, 6) is 1.58. The van der Waals surface area contributed by atoms with Gasteiger partial charge in [-0.1, -0.05) is 50.1 Å². The molecule has 0 aliphatic rings. The van der Waals surface area contributed by atoms with Gasteiger partial charge in [-0.3, -0.25) is 0 Å². The molecule has 0 heterocycles. The summed E-state index contributed by atoms with van der Waals surface area (Å²) in [7, 11) is 3.32. The standard InChI is InChI=1S/C15H13Br3O2/c1-19-13-8-12(17)14(20-2)7-10(13)15(18)9-5-3-4-6-11(9)16/h3-8,15H,1-2H3. The molecule has 0 bridgehead atoms. The molecule has 2 aromatic carbocycles. The highest BCUT2D eigenvalue weighted by Crippen LogP contribution is 2.43. The van der Waals surface area contributed by atoms with Gasteiger partial charge >= 0.3 is 0 Å². The molecule has 0 radical (unpaired) electrons. The lowest BCUT2D eigenvalue weighted by molar-refractivity contribution is 0.397. The van der Waals surface area contributed by atoms with Gasteiger partial charge in [0, 0.05) is 10.0 Å². The molecule has 0 aliphatic carbocycles. The number of methoxy groups -OCH3 is 2. The Morgan fingerprint density at radius 3 is 2.10 bits per heavy atom. The highest BCUT2D eigenvalue weighted by atomic mass is 79.9. The van der Waals surface area contributed by atoms with E-state index in [1.165, 1.54) is 0 Å². The van der Waals surface area contributed by atoms with Gasteiger partial charge < -0.3 is 9.47 Å². The molecular formula is C15H13Br3O2. The molecule has 106 valence electrons. The van der Waals surface area contributed by atoms with E-state index >= 15 is 0 Å². The SMILES string of the molecule is COc1cc(C(Br)c2ccccc2Br)c(OC)cc1Br. The third-order valence-corrected chi connectivity index (χ3v) is 5.28. The van der Waals surface area contributed by atoms with Crippen LogP contribution in [0.1, 0.15) is 16.0 Å². The molecule has 2 rings (SSSR count). The van der Waals surface area contributed by atoms with E-state index in [-0.39, 0.29) is 4.83 Å². The Labute approximate surface area is 143 Å². The lowest BCUT2D eigenvalue weighted by Gasteiger charge is -2.18. The van der Waals surface area contributed by atoms with Crippen molar-refractivity contribution in [2.24, 2.45) is 0 Å². The zero-order chi connectivity index (χ0) is 14.7. The van der Waals surface area contributed by atoms with Crippen molar-refractivity contribution in [1.82, 2.24) is 0 Å². The molecule has 20 heavy (non-hydrogen) atoms. The van der Waals surface area contributed by atoms with Crippen LogP contribution in [0.15, 0.2) is 45.3 Å². The Hall–Kier alpha value is -0.520. The molecule has 0 N–H and O–H groups in total. The predicted octanol–water partition coefficient (Wildman–Crippen LogP) is 5.71. The Bertz CT molecular complexity index is 614. The molecule has 0 aliphatic heterocycles. The van der Waals surface area contributed by atoms with Crippen LogP contribution in [0.25, 0.3) is 0 Å². The normalized spacial score (nSPS) is 12.1. The third-order valence-electron chi connectivity index (χ3n) is 2.96. The molecule has 2 nitrogen and oxygen atoms in total. The van der Waals surface area contributed by atoms with Gasteiger partial charge in [0.1, 0.15) is 11.5 Å². The second-order valence-corrected chi connectivity index (χ2v) is 6.74. The topological polar surface area (TPSA) is 18.5 Å². The Kier molecular flexibility index (Phi) is 5.52. The van der Waals surface area contributed by atoms with Crippen LogP contribution in [0.5, 0.6) is 11.5 Å². The molecule has 0 saturated carbocycles. The van der Waals surface area contributed by atoms with Gasteiger partial charge in [0.15, 0.2) is 0 Å². The van der Waals surface area contributed by atoms with E-state index in [1.807, 2.05) is 30.3 Å². The minimum absolute atomic E-state index is 0.00928. The average molecular weight is 465 g/mol. The first-order chi connectivity index (χ1) is 9.58. The molecule has 0 aromatic heterocycles. The van der Waals surface area contributed by atoms with Gasteiger partial charge in [-0.2, -0.15) is 0 Å². The first-order valence-electron chi connectivity index (χ1n) is 5.88. The summed E-state index contributed by atoms with van der Waals surface area (Å²) in [6.45, 7) is 0. The summed E-state index contributed by atoms with van der Waals surface area (Å²) in [6.07, 6.45) is 0. The number of hydrogen-bond donors (Lipinski definition) is 0. The van der Waals surface area contributed by atoms with Crippen molar-refractivity contribution in [1.29, 1.82) is 0 Å². The largest absolute Gasteiger partial charge is 0.496 e. The maximum Gasteiger partial charge on any atom is 0.133 e. The Morgan fingerprint density at radius 2 is 1.50 bits per heavy atom. The van der Waals surface area contributed by atoms with Crippen LogP contribution < -0.4 is 9.47 Å². The van der Waals surface area contributed by atoms with Crippen LogP contribution in [-0.2, 0) is 0 Å². The number of rotatable bonds is 4. The number of benzene rings is 2. The minimum atomic E-state index is 0.00928. The average Bonchev–Trinajstić information content (AvgIpc) is 2.46. The fourth-order valence-electron chi connectivity index (χ4n) is 1.93. The lowest BCUT2D eigenvalue weighted by Crippen LogP contribution is -1.99. The van der Waals surface area contributed by atoms with E-state index < -0.39 is 0 Å². The van der Waals surface area contributed by atoms with Crippen LogP contribution >= 0.6 is 47.8 Å². The van der Waals surface area contributed by atoms with E-state index in [0.717, 1.165) is 31.6 Å². The molecule has 5 heteroatoms. The van der Waals surface area contributed by atoms with Gasteiger partial charge in [0.25, 0.3) is 0 Å². The van der Waals surface area contributed by atoms with Crippen molar-refractivity contribution in [2.75, 3.05) is 14.2 Å². The second-order valence-electron chi connectivity index (χ2n) is 4.11. The van der Waals surface area contributed by atoms with E-state index in [0.29, 0.717) is 0 Å². The monoisotopic (exact) mass is 462 g/mol. The van der Waals surface area contributed by atoms with E-state index in [1.54, 1.807) is 14.2 Å². The summed E-state index contributed by atoms with van der Waals surface area (Å²) >= 11 is 10.8. The predicted molar refractivity (Wildman–Crippen MR) is 92.2 cm³/mol. The first-order valence-corrected chi connectivity index (χ1v) is 8.38. The van der Waals surface area contributed by atoms with Crippen LogP contribution in [-0.4, -0.2) is 14.2 Å². The molecule has 0 fully saturated rings. The van der Waals surface area contributed by atoms with Crippen LogP contribution in [0.3, 0.4) is 0 Å². The summed E-state index contributed by atoms with van der Waals surface area (Å²) in [6, 6.07) is 12.0. The van der Waals surface area contributed by atoms with Gasteiger partial charge in [0.2, 0.25) is 0 Å². The Balaban J connectivity index is 2.53. The van der Waals surface area contributed by atoms with Crippen LogP contribution in [0, 0.1) is 0 Å². The maximum absolute atomic E-state index is 5.48. The zero-order valence-electron chi connectivity index (χ0n) is 11.0. The molecule has 1 atom stereocenters. The van der Waals surface area contributed by atoms with Crippen molar-refractivity contribution in [3.63, 3.8) is 0 Å². The van der Waals surface area contributed by atoms with Gasteiger partial charge in [-0.25, -0.2) is 0 Å². The molecule has 0 amide bonds. The number of halogens is 3. The van der Waals surface area contributed by atoms with Crippen molar-refractivity contribution in [3.8, 4) is 11.5 Å². The summed E-state index contributed by atoms with van der Waals surface area (Å²) in [5, 5.41) is 0. The van der Waals surface area contributed by atoms with Crippen molar-refractivity contribution in [2.45, 2.75) is 4.83 Å². The number of alkyl halides is 1. The quantitative estimate of drug-likeness (QED) is 0.539. The lowest BCUT2D eigenvalue weighted by atomic mass is 10.0. The summed E-state index contributed by atoms with van der Waals surface area (Å²) in [4.78, 5) is 0.00928. The van der Waals surface area contributed by atoms with Crippen LogP contribution in [0.4, 0.5) is 0 Å². The molecule has 2 aromatic rings. The van der Waals surface area contributed by atoms with Gasteiger partial charge in [-0.05, 0) is 39.7 Å². The van der Waals surface area contributed by atoms with E-state index in [4.69, 9.17) is 9.47 Å². The highest BCUT2D eigenvalue weighted by Gasteiger charge is 2.19. The smallest absolute Gasteiger partial charge is 0.133 e. The molecular weight excluding hydrogens is 452 g/mol. The number of hydrogen-bond acceptors (Lipinski definition) is 2. The second kappa shape index (κ2) is 6.96. The van der Waals surface area contributed by atoms with E-state index in [2.05, 4.69) is 53.9 Å². The highest BCUT2D eigenvalue weighted by molar-refractivity contribution is 9.11. The van der Waals surface area contributed by atoms with Crippen LogP contribution in [0.2, 0.25) is 0 Å². The minimum Gasteiger partial charge on any atom is -0.496 e. The molecule has 0 saturated heterocycles. The molecule has 0 spiro atoms. The van der Waals surface area contributed by atoms with Crippen molar-refractivity contribution in [3.05, 3.63) is 56.5 Å². The first kappa shape index (κ1) is 15.9.